The second-order valence-electron chi connectivity index (χ2n) is 6.62. The molecule has 24 heavy (non-hydrogen) atoms. The van der Waals surface area contributed by atoms with Crippen molar-refractivity contribution in [3.63, 3.8) is 0 Å². The minimum absolute atomic E-state index is 0.0477. The van der Waals surface area contributed by atoms with Crippen molar-refractivity contribution >= 4 is 22.6 Å². The summed E-state index contributed by atoms with van der Waals surface area (Å²) in [6.07, 6.45) is 4.69. The van der Waals surface area contributed by atoms with E-state index >= 15 is 0 Å². The van der Waals surface area contributed by atoms with Gasteiger partial charge < -0.3 is 0 Å². The molecular weight excluding hydrogens is 322 g/mol. The molecule has 2 aromatic heterocycles. The Morgan fingerprint density at radius 2 is 2.21 bits per heavy atom. The van der Waals surface area contributed by atoms with Crippen LogP contribution in [0, 0.1) is 5.92 Å². The first-order chi connectivity index (χ1) is 11.6. The Morgan fingerprint density at radius 1 is 1.33 bits per heavy atom. The van der Waals surface area contributed by atoms with Crippen LogP contribution in [0.15, 0.2) is 41.5 Å². The maximum absolute atomic E-state index is 12.8. The van der Waals surface area contributed by atoms with Gasteiger partial charge in [0.1, 0.15) is 6.33 Å². The summed E-state index contributed by atoms with van der Waals surface area (Å²) in [6.45, 7) is 2.70. The number of hydrogen-bond donors (Lipinski definition) is 0. The van der Waals surface area contributed by atoms with E-state index in [2.05, 4.69) is 16.9 Å². The molecule has 0 spiro atoms. The molecule has 5 heteroatoms. The van der Waals surface area contributed by atoms with Gasteiger partial charge in [-0.25, -0.2) is 9.97 Å². The highest BCUT2D eigenvalue weighted by Gasteiger charge is 2.18. The van der Waals surface area contributed by atoms with Gasteiger partial charge >= 0.3 is 0 Å². The highest BCUT2D eigenvalue weighted by Crippen LogP contribution is 2.25. The lowest BCUT2D eigenvalue weighted by Gasteiger charge is -2.20. The second-order valence-corrected chi connectivity index (χ2v) is 7.06. The van der Waals surface area contributed by atoms with E-state index in [1.54, 1.807) is 10.9 Å². The van der Waals surface area contributed by atoms with E-state index in [9.17, 15) is 4.79 Å². The molecule has 0 radical (unpaired) electrons. The molecule has 4 nitrogen and oxygen atoms in total. The van der Waals surface area contributed by atoms with Crippen LogP contribution in [0.5, 0.6) is 0 Å². The summed E-state index contributed by atoms with van der Waals surface area (Å²) in [7, 11) is 0. The summed E-state index contributed by atoms with van der Waals surface area (Å²) in [6, 6.07) is 9.53. The van der Waals surface area contributed by atoms with E-state index in [4.69, 9.17) is 11.6 Å². The number of rotatable bonds is 2. The molecule has 2 heterocycles. The van der Waals surface area contributed by atoms with Gasteiger partial charge in [0, 0.05) is 10.7 Å². The first-order valence-electron chi connectivity index (χ1n) is 8.22. The van der Waals surface area contributed by atoms with E-state index in [1.807, 2.05) is 30.3 Å². The Balaban J connectivity index is 1.78. The minimum Gasteiger partial charge on any atom is -0.294 e. The second kappa shape index (κ2) is 6.02. The van der Waals surface area contributed by atoms with Crippen molar-refractivity contribution in [2.75, 3.05) is 0 Å². The molecule has 0 saturated heterocycles. The summed E-state index contributed by atoms with van der Waals surface area (Å²) >= 11 is 6.03. The van der Waals surface area contributed by atoms with Crippen molar-refractivity contribution < 1.29 is 0 Å². The Labute approximate surface area is 145 Å². The zero-order chi connectivity index (χ0) is 16.7. The summed E-state index contributed by atoms with van der Waals surface area (Å²) in [5, 5.41) is 1.27. The van der Waals surface area contributed by atoms with Crippen molar-refractivity contribution in [3.05, 3.63) is 68.9 Å². The van der Waals surface area contributed by atoms with Crippen LogP contribution < -0.4 is 5.56 Å². The van der Waals surface area contributed by atoms with Crippen LogP contribution in [-0.4, -0.2) is 14.5 Å². The SMILES string of the molecule is C[C@@H]1CCc2nc3ncn(Cc4cccc(Cl)c4)c(=O)c3cc2C1. The molecular formula is C19H18ClN3O. The summed E-state index contributed by atoms with van der Waals surface area (Å²) in [4.78, 5) is 21.9. The monoisotopic (exact) mass is 339 g/mol. The number of hydrogen-bond acceptors (Lipinski definition) is 3. The molecule has 1 aromatic carbocycles. The Kier molecular flexibility index (Phi) is 3.85. The summed E-state index contributed by atoms with van der Waals surface area (Å²) < 4.78 is 1.62. The number of halogens is 1. The molecule has 4 rings (SSSR count). The maximum atomic E-state index is 12.8. The lowest BCUT2D eigenvalue weighted by atomic mass is 9.87. The Hall–Kier alpha value is -2.20. The van der Waals surface area contributed by atoms with Gasteiger partial charge in [-0.2, -0.15) is 0 Å². The fourth-order valence-electron chi connectivity index (χ4n) is 3.37. The molecule has 0 fully saturated rings. The van der Waals surface area contributed by atoms with Crippen molar-refractivity contribution in [1.82, 2.24) is 14.5 Å². The molecule has 0 aliphatic heterocycles. The van der Waals surface area contributed by atoms with Crippen LogP contribution >= 0.6 is 11.6 Å². The third kappa shape index (κ3) is 2.82. The van der Waals surface area contributed by atoms with Crippen LogP contribution in [0.3, 0.4) is 0 Å². The van der Waals surface area contributed by atoms with Gasteiger partial charge in [0.2, 0.25) is 0 Å². The highest BCUT2D eigenvalue weighted by atomic mass is 35.5. The lowest BCUT2D eigenvalue weighted by molar-refractivity contribution is 0.495. The highest BCUT2D eigenvalue weighted by molar-refractivity contribution is 6.30. The van der Waals surface area contributed by atoms with Gasteiger partial charge in [0.05, 0.1) is 11.9 Å². The standard InChI is InChI=1S/C19H18ClN3O/c1-12-5-6-17-14(7-12)9-16-18(22-17)21-11-23(19(16)24)10-13-3-2-4-15(20)8-13/h2-4,8-9,11-12H,5-7,10H2,1H3/t12-/m1/s1. The summed E-state index contributed by atoms with van der Waals surface area (Å²) in [5.74, 6) is 0.641. The van der Waals surface area contributed by atoms with Crippen LogP contribution in [-0.2, 0) is 19.4 Å². The number of aromatic nitrogens is 3. The maximum Gasteiger partial charge on any atom is 0.263 e. The molecule has 0 unspecified atom stereocenters. The van der Waals surface area contributed by atoms with Crippen molar-refractivity contribution in [2.45, 2.75) is 32.7 Å². The zero-order valence-electron chi connectivity index (χ0n) is 13.5. The normalized spacial score (nSPS) is 17.0. The van der Waals surface area contributed by atoms with E-state index in [-0.39, 0.29) is 5.56 Å². The molecule has 0 saturated carbocycles. The smallest absolute Gasteiger partial charge is 0.263 e. The number of benzene rings is 1. The quantitative estimate of drug-likeness (QED) is 0.716. The fraction of sp³-hybridized carbons (Fsp3) is 0.316. The number of fused-ring (bicyclic) bond motifs is 2. The largest absolute Gasteiger partial charge is 0.294 e. The number of aryl methyl sites for hydroxylation is 1. The molecule has 1 aliphatic rings. The first-order valence-corrected chi connectivity index (χ1v) is 8.60. The molecule has 3 aromatic rings. The number of nitrogens with zero attached hydrogens (tertiary/aromatic N) is 3. The minimum atomic E-state index is -0.0477. The average molecular weight is 340 g/mol. The first kappa shape index (κ1) is 15.3. The number of pyridine rings is 1. The predicted octanol–water partition coefficient (Wildman–Crippen LogP) is 3.62. The summed E-state index contributed by atoms with van der Waals surface area (Å²) in [5.41, 5.74) is 3.77. The Bertz CT molecular complexity index is 980. The van der Waals surface area contributed by atoms with E-state index in [0.717, 1.165) is 30.5 Å². The van der Waals surface area contributed by atoms with Crippen LogP contribution in [0.4, 0.5) is 0 Å². The van der Waals surface area contributed by atoms with Crippen LogP contribution in [0.1, 0.15) is 30.2 Å². The van der Waals surface area contributed by atoms with Crippen molar-refractivity contribution in [2.24, 2.45) is 5.92 Å². The van der Waals surface area contributed by atoms with Gasteiger partial charge in [0.15, 0.2) is 5.65 Å². The van der Waals surface area contributed by atoms with Crippen molar-refractivity contribution in [1.29, 1.82) is 0 Å². The zero-order valence-corrected chi connectivity index (χ0v) is 14.3. The third-order valence-electron chi connectivity index (χ3n) is 4.67. The van der Waals surface area contributed by atoms with Gasteiger partial charge in [-0.05, 0) is 54.5 Å². The lowest BCUT2D eigenvalue weighted by Crippen LogP contribution is -2.23. The van der Waals surface area contributed by atoms with Gasteiger partial charge in [-0.3, -0.25) is 9.36 Å². The molecule has 0 amide bonds. The predicted molar refractivity (Wildman–Crippen MR) is 95.5 cm³/mol. The fourth-order valence-corrected chi connectivity index (χ4v) is 3.58. The third-order valence-corrected chi connectivity index (χ3v) is 4.90. The van der Waals surface area contributed by atoms with Crippen LogP contribution in [0.2, 0.25) is 5.02 Å². The Morgan fingerprint density at radius 3 is 3.04 bits per heavy atom. The van der Waals surface area contributed by atoms with Gasteiger partial charge in [0.25, 0.3) is 5.56 Å². The molecule has 1 aliphatic carbocycles. The molecule has 122 valence electrons. The average Bonchev–Trinajstić information content (AvgIpc) is 2.56. The topological polar surface area (TPSA) is 47.8 Å². The van der Waals surface area contributed by atoms with Crippen LogP contribution in [0.25, 0.3) is 11.0 Å². The van der Waals surface area contributed by atoms with Gasteiger partial charge in [-0.15, -0.1) is 0 Å². The molecule has 1 atom stereocenters. The van der Waals surface area contributed by atoms with E-state index in [1.165, 1.54) is 5.56 Å². The van der Waals surface area contributed by atoms with Gasteiger partial charge in [-0.1, -0.05) is 30.7 Å². The van der Waals surface area contributed by atoms with Crippen molar-refractivity contribution in [3.8, 4) is 0 Å². The molecule has 0 N–H and O–H groups in total. The van der Waals surface area contributed by atoms with E-state index < -0.39 is 0 Å². The molecule has 0 bridgehead atoms. The van der Waals surface area contributed by atoms with E-state index in [0.29, 0.717) is 28.5 Å².